The first-order chi connectivity index (χ1) is 19.0. The average molecular weight is 565 g/mol. The number of alkyl halides is 2. The van der Waals surface area contributed by atoms with E-state index in [1.54, 1.807) is 18.3 Å². The van der Waals surface area contributed by atoms with Crippen LogP contribution in [0.3, 0.4) is 0 Å². The molecule has 2 atom stereocenters. The van der Waals surface area contributed by atoms with E-state index < -0.39 is 22.1 Å². The fraction of sp³-hybridized carbons (Fsp3) is 0.303. The number of nitrogens with one attached hydrogen (secondary N) is 1. The molecule has 1 aliphatic carbocycles. The van der Waals surface area contributed by atoms with Crippen molar-refractivity contribution in [2.24, 2.45) is 0 Å². The van der Waals surface area contributed by atoms with Gasteiger partial charge in [0.1, 0.15) is 0 Å². The van der Waals surface area contributed by atoms with Crippen LogP contribution in [0.25, 0.3) is 0 Å². The highest BCUT2D eigenvalue weighted by Gasteiger charge is 2.39. The summed E-state index contributed by atoms with van der Waals surface area (Å²) in [6.07, 6.45) is 4.63. The zero-order valence-electron chi connectivity index (χ0n) is 24.1. The van der Waals surface area contributed by atoms with Gasteiger partial charge in [0.25, 0.3) is 5.92 Å². The van der Waals surface area contributed by atoms with Gasteiger partial charge in [-0.3, -0.25) is 4.98 Å². The summed E-state index contributed by atoms with van der Waals surface area (Å²) in [5.41, 5.74) is 3.74. The van der Waals surface area contributed by atoms with Crippen molar-refractivity contribution in [2.75, 3.05) is 7.11 Å². The lowest BCUT2D eigenvalue weighted by Gasteiger charge is -2.37. The van der Waals surface area contributed by atoms with Crippen molar-refractivity contribution in [3.05, 3.63) is 123 Å². The molecule has 1 heterocycles. The van der Waals surface area contributed by atoms with E-state index in [-0.39, 0.29) is 11.5 Å². The number of carbonyl (C=O) groups excluding carboxylic acids is 1. The largest absolute Gasteiger partial charge is 0.465 e. The third-order valence-corrected chi connectivity index (χ3v) is 8.24. The van der Waals surface area contributed by atoms with Gasteiger partial charge in [-0.05, 0) is 53.7 Å². The Balaban J connectivity index is 0.00000216. The van der Waals surface area contributed by atoms with E-state index in [4.69, 9.17) is 9.72 Å². The molecule has 3 aromatic rings. The van der Waals surface area contributed by atoms with E-state index in [1.807, 2.05) is 82.3 Å². The minimum Gasteiger partial charge on any atom is -0.465 e. The molecule has 4 nitrogen and oxygen atoms in total. The fourth-order valence-corrected chi connectivity index (χ4v) is 6.13. The van der Waals surface area contributed by atoms with Gasteiger partial charge in [-0.25, -0.2) is 18.3 Å². The number of pyridine rings is 1. The number of allylic oxidation sites excluding steroid dienone is 2. The summed E-state index contributed by atoms with van der Waals surface area (Å²) in [6, 6.07) is 20.3. The molecule has 2 aromatic carbocycles. The number of benzene rings is 2. The zero-order valence-corrected chi connectivity index (χ0v) is 24.9. The average Bonchev–Trinajstić information content (AvgIpc) is 3.35. The molecular weight excluding hydrogens is 526 g/mol. The van der Waals surface area contributed by atoms with Gasteiger partial charge in [-0.1, -0.05) is 90.6 Å². The maximum absolute atomic E-state index is 14.5. The Labute approximate surface area is 239 Å². The first-order valence-electron chi connectivity index (χ1n) is 13.3. The molecule has 212 valence electrons. The molecule has 2 unspecified atom stereocenters. The normalized spacial score (nSPS) is 15.4. The Morgan fingerprint density at radius 2 is 1.73 bits per heavy atom. The second-order valence-electron chi connectivity index (χ2n) is 9.72. The summed E-state index contributed by atoms with van der Waals surface area (Å²) in [7, 11) is 0.564. The first kappa shape index (κ1) is 31.1. The van der Waals surface area contributed by atoms with E-state index >= 15 is 0 Å². The Hall–Kier alpha value is -3.42. The number of hydrogen-bond acceptors (Lipinski definition) is 4. The van der Waals surface area contributed by atoms with Crippen LogP contribution >= 0.6 is 10.7 Å². The van der Waals surface area contributed by atoms with Crippen LogP contribution in [0.15, 0.2) is 95.1 Å². The molecule has 1 aliphatic rings. The Morgan fingerprint density at radius 1 is 1.05 bits per heavy atom. The Bertz CT molecular complexity index is 1410. The standard InChI is InChI=1S/C31H32F2N2O2S.C2H6/c1-21-14-15-28(34-20-21)31(19-23-10-7-6-8-11-23,25-13-9-12-24(17-25)30(3,32)33)35-38(5)26-16-22(2)27(18-26)29(36)37-4;1-2/h6-15,17-18,20,35H,5,16,19H2,1-4H3;1-2H3. The maximum Gasteiger partial charge on any atom is 0.337 e. The van der Waals surface area contributed by atoms with Crippen LogP contribution in [0.2, 0.25) is 0 Å². The van der Waals surface area contributed by atoms with E-state index in [1.165, 1.54) is 13.2 Å². The number of esters is 1. The van der Waals surface area contributed by atoms with Crippen LogP contribution in [0.5, 0.6) is 0 Å². The monoisotopic (exact) mass is 564 g/mol. The number of aromatic nitrogens is 1. The highest BCUT2D eigenvalue weighted by molar-refractivity contribution is 8.15. The summed E-state index contributed by atoms with van der Waals surface area (Å²) < 4.78 is 37.7. The summed E-state index contributed by atoms with van der Waals surface area (Å²) in [6.45, 7) is 8.76. The third kappa shape index (κ3) is 7.01. The highest BCUT2D eigenvalue weighted by Crippen LogP contribution is 2.42. The van der Waals surface area contributed by atoms with Crippen molar-refractivity contribution in [1.82, 2.24) is 9.71 Å². The van der Waals surface area contributed by atoms with Crippen LogP contribution in [-0.2, 0) is 27.4 Å². The van der Waals surface area contributed by atoms with E-state index in [0.717, 1.165) is 28.5 Å². The molecule has 0 saturated carbocycles. The molecule has 1 N–H and O–H groups in total. The number of hydrogen-bond donors (Lipinski definition) is 1. The van der Waals surface area contributed by atoms with E-state index in [2.05, 4.69) is 10.6 Å². The van der Waals surface area contributed by atoms with Crippen LogP contribution in [-0.4, -0.2) is 23.9 Å². The summed E-state index contributed by atoms with van der Waals surface area (Å²) >= 11 is 0. The number of nitrogens with zero attached hydrogens (tertiary/aromatic N) is 1. The van der Waals surface area contributed by atoms with Crippen LogP contribution in [0.4, 0.5) is 8.78 Å². The van der Waals surface area contributed by atoms with Gasteiger partial charge >= 0.3 is 5.97 Å². The predicted octanol–water partition coefficient (Wildman–Crippen LogP) is 8.00. The van der Waals surface area contributed by atoms with Crippen LogP contribution < -0.4 is 4.72 Å². The summed E-state index contributed by atoms with van der Waals surface area (Å²) in [5, 5.41) is 0. The number of ether oxygens (including phenoxy) is 1. The van der Waals surface area contributed by atoms with Gasteiger partial charge < -0.3 is 4.74 Å². The number of halogens is 2. The van der Waals surface area contributed by atoms with Crippen molar-refractivity contribution < 1.29 is 18.3 Å². The smallest absolute Gasteiger partial charge is 0.337 e. The van der Waals surface area contributed by atoms with Gasteiger partial charge in [-0.2, -0.15) is 0 Å². The molecule has 4 rings (SSSR count). The first-order valence-corrected chi connectivity index (χ1v) is 14.7. The fourth-order valence-electron chi connectivity index (χ4n) is 4.64. The second kappa shape index (κ2) is 13.3. The zero-order chi connectivity index (χ0) is 29.5. The molecule has 0 fully saturated rings. The molecule has 0 saturated heterocycles. The van der Waals surface area contributed by atoms with E-state index in [0.29, 0.717) is 29.7 Å². The van der Waals surface area contributed by atoms with Crippen LogP contribution in [0, 0.1) is 6.92 Å². The second-order valence-corrected chi connectivity index (χ2v) is 11.2. The molecule has 1 aromatic heterocycles. The topological polar surface area (TPSA) is 51.2 Å². The lowest BCUT2D eigenvalue weighted by Crippen LogP contribution is -2.43. The molecule has 7 heteroatoms. The van der Waals surface area contributed by atoms with Crippen molar-refractivity contribution in [2.45, 2.75) is 58.9 Å². The number of aryl methyl sites for hydroxylation is 1. The number of rotatable bonds is 9. The predicted molar refractivity (Wildman–Crippen MR) is 163 cm³/mol. The SMILES string of the molecule is C=S(NC(Cc1ccccc1)(c1cccc(C(C)(F)F)c1)c1ccc(C)cn1)C1=CC(C(=O)OC)=C(C)C1.CC. The highest BCUT2D eigenvalue weighted by atomic mass is 32.2. The van der Waals surface area contributed by atoms with Crippen molar-refractivity contribution in [1.29, 1.82) is 0 Å². The molecule has 40 heavy (non-hydrogen) atoms. The van der Waals surface area contributed by atoms with Crippen molar-refractivity contribution in [3.8, 4) is 0 Å². The minimum absolute atomic E-state index is 0.0733. The Morgan fingerprint density at radius 3 is 2.33 bits per heavy atom. The molecule has 0 spiro atoms. The summed E-state index contributed by atoms with van der Waals surface area (Å²) in [4.78, 5) is 18.0. The van der Waals surface area contributed by atoms with Gasteiger partial charge in [0.15, 0.2) is 0 Å². The third-order valence-electron chi connectivity index (χ3n) is 6.75. The van der Waals surface area contributed by atoms with Gasteiger partial charge in [0.2, 0.25) is 0 Å². The van der Waals surface area contributed by atoms with Gasteiger partial charge in [-0.15, -0.1) is 0 Å². The molecule has 0 radical (unpaired) electrons. The van der Waals surface area contributed by atoms with Crippen molar-refractivity contribution in [3.63, 3.8) is 0 Å². The summed E-state index contributed by atoms with van der Waals surface area (Å²) in [5.74, 6) is 1.04. The van der Waals surface area contributed by atoms with Crippen LogP contribution in [0.1, 0.15) is 62.1 Å². The van der Waals surface area contributed by atoms with E-state index in [9.17, 15) is 13.6 Å². The molecule has 0 bridgehead atoms. The minimum atomic E-state index is -3.01. The van der Waals surface area contributed by atoms with Gasteiger partial charge in [0.05, 0.1) is 23.9 Å². The molecule has 0 amide bonds. The lowest BCUT2D eigenvalue weighted by atomic mass is 9.80. The quantitative estimate of drug-likeness (QED) is 0.211. The number of methoxy groups -OCH3 is 1. The maximum atomic E-state index is 14.5. The molecular formula is C33H38F2N2O2S. The molecule has 0 aliphatic heterocycles. The lowest BCUT2D eigenvalue weighted by molar-refractivity contribution is -0.135. The van der Waals surface area contributed by atoms with Gasteiger partial charge in [0, 0.05) is 31.5 Å². The number of carbonyl (C=O) groups is 1. The van der Waals surface area contributed by atoms with Crippen molar-refractivity contribution >= 4 is 22.5 Å². The Kier molecular flexibility index (Phi) is 10.3.